The lowest BCUT2D eigenvalue weighted by Gasteiger charge is -2.29. The molecule has 1 aromatic heterocycles. The van der Waals surface area contributed by atoms with E-state index in [0.717, 1.165) is 30.0 Å². The van der Waals surface area contributed by atoms with Crippen molar-refractivity contribution in [2.45, 2.75) is 42.7 Å². The van der Waals surface area contributed by atoms with Gasteiger partial charge in [-0.3, -0.25) is 9.59 Å². The molecule has 1 fully saturated rings. The van der Waals surface area contributed by atoms with E-state index >= 15 is 0 Å². The summed E-state index contributed by atoms with van der Waals surface area (Å²) in [7, 11) is 1.48. The number of halogens is 1. The van der Waals surface area contributed by atoms with Crippen LogP contribution in [0, 0.1) is 5.82 Å². The van der Waals surface area contributed by atoms with E-state index in [9.17, 15) is 14.0 Å². The molecule has 166 valence electrons. The molecule has 2 amide bonds. The Bertz CT molecular complexity index is 919. The van der Waals surface area contributed by atoms with Crippen LogP contribution in [0.5, 0.6) is 11.6 Å². The van der Waals surface area contributed by atoms with Gasteiger partial charge in [-0.05, 0) is 56.2 Å². The fourth-order valence-corrected chi connectivity index (χ4v) is 3.94. The van der Waals surface area contributed by atoms with E-state index in [2.05, 4.69) is 15.6 Å². The van der Waals surface area contributed by atoms with E-state index in [4.69, 9.17) is 9.47 Å². The summed E-state index contributed by atoms with van der Waals surface area (Å²) in [5.41, 5.74) is 0.0464. The minimum Gasteiger partial charge on any atom is -0.438 e. The van der Waals surface area contributed by atoms with Gasteiger partial charge in [0.15, 0.2) is 0 Å². The largest absolute Gasteiger partial charge is 0.438 e. The minimum atomic E-state index is -0.611. The predicted octanol–water partition coefficient (Wildman–Crippen LogP) is 3.54. The summed E-state index contributed by atoms with van der Waals surface area (Å²) >= 11 is 1.56. The van der Waals surface area contributed by atoms with Crippen LogP contribution in [0.4, 0.5) is 4.39 Å². The highest BCUT2D eigenvalue weighted by molar-refractivity contribution is 7.98. The van der Waals surface area contributed by atoms with E-state index < -0.39 is 11.7 Å². The Kier molecular flexibility index (Phi) is 8.25. The summed E-state index contributed by atoms with van der Waals surface area (Å²) in [5.74, 6) is -0.618. The van der Waals surface area contributed by atoms with Crippen molar-refractivity contribution < 1.29 is 23.5 Å². The van der Waals surface area contributed by atoms with Crippen LogP contribution in [0.2, 0.25) is 0 Å². The highest BCUT2D eigenvalue weighted by atomic mass is 32.2. The molecule has 0 atom stereocenters. The molecule has 1 heterocycles. The minimum absolute atomic E-state index is 0.0336. The van der Waals surface area contributed by atoms with Gasteiger partial charge in [0, 0.05) is 24.1 Å². The number of carbonyl (C=O) groups excluding carboxylic acids is 2. The monoisotopic (exact) mass is 447 g/mol. The molecule has 1 aliphatic rings. The van der Waals surface area contributed by atoms with Crippen LogP contribution in [-0.4, -0.2) is 48.9 Å². The Morgan fingerprint density at radius 1 is 1.16 bits per heavy atom. The Balaban J connectivity index is 1.63. The molecule has 31 heavy (non-hydrogen) atoms. The third-order valence-corrected chi connectivity index (χ3v) is 5.75. The van der Waals surface area contributed by atoms with Crippen LogP contribution in [0.25, 0.3) is 0 Å². The van der Waals surface area contributed by atoms with Gasteiger partial charge in [0.05, 0.1) is 6.20 Å². The van der Waals surface area contributed by atoms with Crippen LogP contribution in [0.15, 0.2) is 41.4 Å². The number of benzene rings is 1. The first-order chi connectivity index (χ1) is 15.0. The van der Waals surface area contributed by atoms with Crippen molar-refractivity contribution in [3.05, 3.63) is 47.9 Å². The molecule has 2 N–H and O–H groups in total. The highest BCUT2D eigenvalue weighted by Gasteiger charge is 2.25. The molecule has 0 radical (unpaired) electrons. The zero-order valence-corrected chi connectivity index (χ0v) is 18.3. The summed E-state index contributed by atoms with van der Waals surface area (Å²) in [6, 6.07) is 8.49. The third-order valence-electron chi connectivity index (χ3n) is 5.02. The Hall–Kier alpha value is -2.65. The Labute approximate surface area is 185 Å². The molecule has 1 saturated carbocycles. The zero-order valence-electron chi connectivity index (χ0n) is 17.5. The summed E-state index contributed by atoms with van der Waals surface area (Å²) in [6.45, 7) is 0.0336. The van der Waals surface area contributed by atoms with Crippen molar-refractivity contribution >= 4 is 23.6 Å². The van der Waals surface area contributed by atoms with Crippen LogP contribution in [0.1, 0.15) is 36.0 Å². The number of nitrogens with one attached hydrogen (secondary N) is 2. The normalized spacial score (nSPS) is 18.3. The average molecular weight is 448 g/mol. The molecule has 0 saturated heterocycles. The first-order valence-electron chi connectivity index (χ1n) is 10.0. The molecule has 9 heteroatoms. The molecule has 1 aliphatic carbocycles. The summed E-state index contributed by atoms with van der Waals surface area (Å²) < 4.78 is 24.4. The topological polar surface area (TPSA) is 89.6 Å². The van der Waals surface area contributed by atoms with E-state index in [1.165, 1.54) is 7.11 Å². The maximum absolute atomic E-state index is 13.8. The standard InChI is InChI=1S/C22H26FN3O4S/c1-29-13-20(27)25-15-6-8-16(9-7-15)26-21(28)19-10-14(23)12-24-22(19)30-17-4-3-5-18(11-17)31-2/h3-5,10-12,15-16H,6-9,13H2,1-2H3,(H,25,27)(H,26,28). The molecule has 0 unspecified atom stereocenters. The lowest BCUT2D eigenvalue weighted by Crippen LogP contribution is -2.44. The number of aromatic nitrogens is 1. The van der Waals surface area contributed by atoms with Crippen molar-refractivity contribution in [3.8, 4) is 11.6 Å². The van der Waals surface area contributed by atoms with Crippen molar-refractivity contribution in [1.82, 2.24) is 15.6 Å². The van der Waals surface area contributed by atoms with Gasteiger partial charge in [-0.2, -0.15) is 0 Å². The van der Waals surface area contributed by atoms with E-state index in [1.54, 1.807) is 17.8 Å². The van der Waals surface area contributed by atoms with Gasteiger partial charge in [0.25, 0.3) is 5.91 Å². The first kappa shape index (κ1) is 23.0. The number of hydrogen-bond donors (Lipinski definition) is 2. The van der Waals surface area contributed by atoms with Crippen molar-refractivity contribution in [1.29, 1.82) is 0 Å². The summed E-state index contributed by atoms with van der Waals surface area (Å²) in [5, 5.41) is 5.86. The number of nitrogens with zero attached hydrogens (tertiary/aromatic N) is 1. The second-order valence-corrected chi connectivity index (χ2v) is 8.19. The van der Waals surface area contributed by atoms with E-state index in [0.29, 0.717) is 18.6 Å². The van der Waals surface area contributed by atoms with Gasteiger partial charge >= 0.3 is 0 Å². The Morgan fingerprint density at radius 2 is 1.87 bits per heavy atom. The lowest BCUT2D eigenvalue weighted by molar-refractivity contribution is -0.125. The predicted molar refractivity (Wildman–Crippen MR) is 116 cm³/mol. The van der Waals surface area contributed by atoms with Gasteiger partial charge in [-0.25, -0.2) is 9.37 Å². The number of methoxy groups -OCH3 is 1. The van der Waals surface area contributed by atoms with Gasteiger partial charge in [-0.1, -0.05) is 6.07 Å². The van der Waals surface area contributed by atoms with Gasteiger partial charge < -0.3 is 20.1 Å². The molecule has 1 aromatic carbocycles. The second kappa shape index (κ2) is 11.1. The van der Waals surface area contributed by atoms with E-state index in [-0.39, 0.29) is 36.0 Å². The molecule has 0 spiro atoms. The maximum Gasteiger partial charge on any atom is 0.257 e. The van der Waals surface area contributed by atoms with E-state index in [1.807, 2.05) is 24.5 Å². The maximum atomic E-state index is 13.8. The van der Waals surface area contributed by atoms with Crippen LogP contribution >= 0.6 is 11.8 Å². The van der Waals surface area contributed by atoms with Crippen molar-refractivity contribution in [3.63, 3.8) is 0 Å². The SMILES string of the molecule is COCC(=O)NC1CCC(NC(=O)c2cc(F)cnc2Oc2cccc(SC)c2)CC1. The van der Waals surface area contributed by atoms with Crippen LogP contribution < -0.4 is 15.4 Å². The third kappa shape index (κ3) is 6.67. The molecule has 7 nitrogen and oxygen atoms in total. The molecule has 0 bridgehead atoms. The quantitative estimate of drug-likeness (QED) is 0.602. The highest BCUT2D eigenvalue weighted by Crippen LogP contribution is 2.27. The number of thioether (sulfide) groups is 1. The molecular formula is C22H26FN3O4S. The van der Waals surface area contributed by atoms with Gasteiger partial charge in [0.2, 0.25) is 11.8 Å². The fourth-order valence-electron chi connectivity index (χ4n) is 3.49. The van der Waals surface area contributed by atoms with Gasteiger partial charge in [-0.15, -0.1) is 11.8 Å². The number of rotatable bonds is 8. The van der Waals surface area contributed by atoms with Crippen LogP contribution in [0.3, 0.4) is 0 Å². The number of pyridine rings is 1. The Morgan fingerprint density at radius 3 is 2.55 bits per heavy atom. The average Bonchev–Trinajstić information content (AvgIpc) is 2.76. The fraction of sp³-hybridized carbons (Fsp3) is 0.409. The lowest BCUT2D eigenvalue weighted by atomic mass is 9.91. The molecule has 2 aromatic rings. The molecular weight excluding hydrogens is 421 g/mol. The van der Waals surface area contributed by atoms with Gasteiger partial charge in [0.1, 0.15) is 23.7 Å². The summed E-state index contributed by atoms with van der Waals surface area (Å²) in [6.07, 6.45) is 5.88. The van der Waals surface area contributed by atoms with Crippen molar-refractivity contribution in [2.75, 3.05) is 20.0 Å². The van der Waals surface area contributed by atoms with Crippen LogP contribution in [-0.2, 0) is 9.53 Å². The zero-order chi connectivity index (χ0) is 22.2. The molecule has 0 aliphatic heterocycles. The second-order valence-electron chi connectivity index (χ2n) is 7.31. The smallest absolute Gasteiger partial charge is 0.257 e. The van der Waals surface area contributed by atoms with Crippen molar-refractivity contribution in [2.24, 2.45) is 0 Å². The number of hydrogen-bond acceptors (Lipinski definition) is 6. The number of carbonyl (C=O) groups is 2. The summed E-state index contributed by atoms with van der Waals surface area (Å²) in [4.78, 5) is 29.5. The molecule has 3 rings (SSSR count). The first-order valence-corrected chi connectivity index (χ1v) is 11.3. The number of ether oxygens (including phenoxy) is 2. The number of amides is 2.